The number of carbonyl (C=O) groups excluding carboxylic acids is 1. The number of aryl methyl sites for hydroxylation is 2. The topological polar surface area (TPSA) is 71.8 Å². The maximum Gasteiger partial charge on any atom is 0.250 e. The van der Waals surface area contributed by atoms with Crippen LogP contribution in [0.5, 0.6) is 0 Å². The highest BCUT2D eigenvalue weighted by atomic mass is 16.1. The van der Waals surface area contributed by atoms with Gasteiger partial charge in [0.25, 0.3) is 5.91 Å². The third-order valence-electron chi connectivity index (χ3n) is 4.68. The second-order valence-corrected chi connectivity index (χ2v) is 6.35. The van der Waals surface area contributed by atoms with Gasteiger partial charge in [-0.15, -0.1) is 0 Å². The number of hydrogen-bond acceptors (Lipinski definition) is 2. The van der Waals surface area contributed by atoms with Crippen molar-refractivity contribution in [2.45, 2.75) is 12.8 Å². The lowest BCUT2D eigenvalue weighted by atomic mass is 9.97. The number of primary amides is 1. The first-order chi connectivity index (χ1) is 12.7. The highest BCUT2D eigenvalue weighted by Gasteiger charge is 2.14. The molecule has 2 aromatic carbocycles. The van der Waals surface area contributed by atoms with Gasteiger partial charge in [0.1, 0.15) is 0 Å². The number of aromatic amines is 1. The molecule has 4 aromatic rings. The van der Waals surface area contributed by atoms with Gasteiger partial charge in [0.05, 0.1) is 11.1 Å². The van der Waals surface area contributed by atoms with Crippen LogP contribution < -0.4 is 5.73 Å². The van der Waals surface area contributed by atoms with Crippen molar-refractivity contribution in [2.24, 2.45) is 5.73 Å². The number of amides is 1. The van der Waals surface area contributed by atoms with E-state index in [1.165, 1.54) is 11.1 Å². The van der Waals surface area contributed by atoms with E-state index in [2.05, 4.69) is 16.0 Å². The molecule has 0 unspecified atom stereocenters. The summed E-state index contributed by atoms with van der Waals surface area (Å²) >= 11 is 0. The molecule has 26 heavy (non-hydrogen) atoms. The Hall–Kier alpha value is -3.40. The summed E-state index contributed by atoms with van der Waals surface area (Å²) in [5, 5.41) is 1.05. The molecule has 0 spiro atoms. The number of aromatic nitrogens is 2. The third-order valence-corrected chi connectivity index (χ3v) is 4.68. The fourth-order valence-electron chi connectivity index (χ4n) is 3.31. The van der Waals surface area contributed by atoms with Gasteiger partial charge in [0, 0.05) is 24.0 Å². The molecule has 0 saturated heterocycles. The first kappa shape index (κ1) is 16.1. The molecule has 0 saturated carbocycles. The van der Waals surface area contributed by atoms with Gasteiger partial charge in [-0.25, -0.2) is 0 Å². The molecule has 2 heterocycles. The molecule has 0 aliphatic carbocycles. The zero-order valence-corrected chi connectivity index (χ0v) is 14.3. The summed E-state index contributed by atoms with van der Waals surface area (Å²) in [6, 6.07) is 18.1. The molecule has 1 amide bonds. The van der Waals surface area contributed by atoms with E-state index in [1.807, 2.05) is 67.1 Å². The van der Waals surface area contributed by atoms with Crippen LogP contribution in [0, 0.1) is 0 Å². The molecular formula is C22H19N3O. The maximum absolute atomic E-state index is 12.0. The molecule has 4 heteroatoms. The Balaban J connectivity index is 1.77. The van der Waals surface area contributed by atoms with E-state index >= 15 is 0 Å². The first-order valence-electron chi connectivity index (χ1n) is 8.60. The van der Waals surface area contributed by atoms with Crippen LogP contribution in [0.3, 0.4) is 0 Å². The molecule has 0 fully saturated rings. The fraction of sp³-hybridized carbons (Fsp3) is 0.0909. The van der Waals surface area contributed by atoms with Crippen molar-refractivity contribution in [3.63, 3.8) is 0 Å². The van der Waals surface area contributed by atoms with Crippen LogP contribution in [-0.2, 0) is 12.8 Å². The first-order valence-corrected chi connectivity index (χ1v) is 8.60. The molecule has 4 nitrogen and oxygen atoms in total. The molecule has 0 aliphatic heterocycles. The summed E-state index contributed by atoms with van der Waals surface area (Å²) in [7, 11) is 0. The van der Waals surface area contributed by atoms with Gasteiger partial charge < -0.3 is 10.7 Å². The Bertz CT molecular complexity index is 1050. The predicted octanol–water partition coefficient (Wildman–Crippen LogP) is 4.11. The number of pyridine rings is 1. The average Bonchev–Trinajstić information content (AvgIpc) is 3.10. The average molecular weight is 341 g/mol. The lowest BCUT2D eigenvalue weighted by Crippen LogP contribution is -2.11. The zero-order chi connectivity index (χ0) is 17.9. The van der Waals surface area contributed by atoms with Crippen LogP contribution in [0.15, 0.2) is 73.2 Å². The molecule has 0 atom stereocenters. The molecule has 0 aliphatic rings. The smallest absolute Gasteiger partial charge is 0.250 e. The van der Waals surface area contributed by atoms with Crippen molar-refractivity contribution in [1.82, 2.24) is 9.97 Å². The van der Waals surface area contributed by atoms with Crippen molar-refractivity contribution in [3.8, 4) is 11.1 Å². The normalized spacial score (nSPS) is 10.9. The monoisotopic (exact) mass is 341 g/mol. The summed E-state index contributed by atoms with van der Waals surface area (Å²) < 4.78 is 0. The molecule has 0 radical (unpaired) electrons. The standard InChI is InChI=1S/C22H19N3O/c23-22(26)20-13-18(16-4-2-1-3-5-16)12-19-17(14-25-21(19)20)7-6-15-8-10-24-11-9-15/h1-5,8-14,25H,6-7H2,(H2,23,26). The Morgan fingerprint density at radius 2 is 1.73 bits per heavy atom. The van der Waals surface area contributed by atoms with Gasteiger partial charge in [-0.3, -0.25) is 9.78 Å². The van der Waals surface area contributed by atoms with E-state index in [9.17, 15) is 4.79 Å². The lowest BCUT2D eigenvalue weighted by Gasteiger charge is -2.07. The fourth-order valence-corrected chi connectivity index (χ4v) is 3.31. The minimum Gasteiger partial charge on any atom is -0.366 e. The second kappa shape index (κ2) is 6.84. The molecule has 0 bridgehead atoms. The van der Waals surface area contributed by atoms with Crippen molar-refractivity contribution in [1.29, 1.82) is 0 Å². The van der Waals surface area contributed by atoms with E-state index < -0.39 is 5.91 Å². The van der Waals surface area contributed by atoms with Crippen molar-refractivity contribution < 1.29 is 4.79 Å². The number of nitrogens with zero attached hydrogens (tertiary/aromatic N) is 1. The molecule has 3 N–H and O–H groups in total. The van der Waals surface area contributed by atoms with Crippen LogP contribution in [0.4, 0.5) is 0 Å². The largest absolute Gasteiger partial charge is 0.366 e. The van der Waals surface area contributed by atoms with Gasteiger partial charge in [-0.1, -0.05) is 30.3 Å². The number of rotatable bonds is 5. The third kappa shape index (κ3) is 3.09. The summed E-state index contributed by atoms with van der Waals surface area (Å²) in [5.74, 6) is -0.421. The SMILES string of the molecule is NC(=O)c1cc(-c2ccccc2)cc2c(CCc3ccncc3)c[nH]c12. The number of benzene rings is 2. The van der Waals surface area contributed by atoms with Crippen molar-refractivity contribution >= 4 is 16.8 Å². The van der Waals surface area contributed by atoms with E-state index in [1.54, 1.807) is 0 Å². The Labute approximate surface area is 151 Å². The number of nitrogens with one attached hydrogen (secondary N) is 1. The summed E-state index contributed by atoms with van der Waals surface area (Å²) in [4.78, 5) is 19.3. The number of hydrogen-bond donors (Lipinski definition) is 2. The van der Waals surface area contributed by atoms with Crippen LogP contribution >= 0.6 is 0 Å². The zero-order valence-electron chi connectivity index (χ0n) is 14.3. The van der Waals surface area contributed by atoms with E-state index in [0.29, 0.717) is 5.56 Å². The Morgan fingerprint density at radius 1 is 0.962 bits per heavy atom. The molecule has 2 aromatic heterocycles. The summed E-state index contributed by atoms with van der Waals surface area (Å²) in [5.41, 5.74) is 11.4. The van der Waals surface area contributed by atoms with Crippen LogP contribution in [0.2, 0.25) is 0 Å². The Morgan fingerprint density at radius 3 is 2.46 bits per heavy atom. The predicted molar refractivity (Wildman–Crippen MR) is 104 cm³/mol. The quantitative estimate of drug-likeness (QED) is 0.573. The van der Waals surface area contributed by atoms with Gasteiger partial charge in [0.2, 0.25) is 0 Å². The van der Waals surface area contributed by atoms with Gasteiger partial charge in [-0.2, -0.15) is 0 Å². The van der Waals surface area contributed by atoms with Crippen LogP contribution in [0.25, 0.3) is 22.0 Å². The van der Waals surface area contributed by atoms with Gasteiger partial charge >= 0.3 is 0 Å². The molecular weight excluding hydrogens is 322 g/mol. The van der Waals surface area contributed by atoms with Gasteiger partial charge in [0.15, 0.2) is 0 Å². The van der Waals surface area contributed by atoms with E-state index in [4.69, 9.17) is 5.73 Å². The van der Waals surface area contributed by atoms with E-state index in [0.717, 1.165) is 34.9 Å². The minimum absolute atomic E-state index is 0.421. The van der Waals surface area contributed by atoms with Crippen molar-refractivity contribution in [3.05, 3.63) is 89.9 Å². The van der Waals surface area contributed by atoms with E-state index in [-0.39, 0.29) is 0 Å². The molecule has 128 valence electrons. The van der Waals surface area contributed by atoms with Gasteiger partial charge in [-0.05, 0) is 59.4 Å². The number of nitrogens with two attached hydrogens (primary N) is 1. The number of carbonyl (C=O) groups is 1. The maximum atomic E-state index is 12.0. The molecule has 4 rings (SSSR count). The Kier molecular flexibility index (Phi) is 4.23. The van der Waals surface area contributed by atoms with Crippen LogP contribution in [0.1, 0.15) is 21.5 Å². The number of fused-ring (bicyclic) bond motifs is 1. The summed E-state index contributed by atoms with van der Waals surface area (Å²) in [6.45, 7) is 0. The summed E-state index contributed by atoms with van der Waals surface area (Å²) in [6.07, 6.45) is 7.39. The number of H-pyrrole nitrogens is 1. The second-order valence-electron chi connectivity index (χ2n) is 6.35. The minimum atomic E-state index is -0.421. The highest BCUT2D eigenvalue weighted by molar-refractivity contribution is 6.07. The van der Waals surface area contributed by atoms with Crippen LogP contribution in [-0.4, -0.2) is 15.9 Å². The lowest BCUT2D eigenvalue weighted by molar-refractivity contribution is 0.100. The highest BCUT2D eigenvalue weighted by Crippen LogP contribution is 2.30. The van der Waals surface area contributed by atoms with Crippen molar-refractivity contribution in [2.75, 3.05) is 0 Å².